The lowest BCUT2D eigenvalue weighted by Crippen LogP contribution is -1.98. The van der Waals surface area contributed by atoms with E-state index in [2.05, 4.69) is 4.98 Å². The van der Waals surface area contributed by atoms with Crippen molar-refractivity contribution in [3.8, 4) is 5.75 Å². The second-order valence-corrected chi connectivity index (χ2v) is 3.77. The number of halogens is 1. The molecular formula is C12H11ClN2O. The fourth-order valence-corrected chi connectivity index (χ4v) is 1.39. The highest BCUT2D eigenvalue weighted by Gasteiger charge is 1.99. The highest BCUT2D eigenvalue weighted by molar-refractivity contribution is 6.30. The minimum atomic E-state index is 0.464. The third kappa shape index (κ3) is 2.64. The Labute approximate surface area is 98.8 Å². The molecule has 0 aliphatic heterocycles. The summed E-state index contributed by atoms with van der Waals surface area (Å²) in [6.07, 6.45) is 3.21. The molecule has 0 spiro atoms. The third-order valence-corrected chi connectivity index (χ3v) is 2.37. The van der Waals surface area contributed by atoms with Gasteiger partial charge in [0.25, 0.3) is 0 Å². The Morgan fingerprint density at radius 1 is 1.19 bits per heavy atom. The number of anilines is 1. The second-order valence-electron chi connectivity index (χ2n) is 3.33. The molecule has 4 heteroatoms. The average Bonchev–Trinajstić information content (AvgIpc) is 2.30. The van der Waals surface area contributed by atoms with E-state index in [1.165, 1.54) is 0 Å². The van der Waals surface area contributed by atoms with Crippen LogP contribution in [0.5, 0.6) is 5.75 Å². The third-order valence-electron chi connectivity index (χ3n) is 2.12. The van der Waals surface area contributed by atoms with E-state index >= 15 is 0 Å². The van der Waals surface area contributed by atoms with Gasteiger partial charge in [0.2, 0.25) is 0 Å². The van der Waals surface area contributed by atoms with Gasteiger partial charge in [0.1, 0.15) is 12.4 Å². The standard InChI is InChI=1S/C12H11ClN2O/c13-10-3-1-9(2-4-10)8-16-12-5-6-15-7-11(12)14/h1-7H,8,14H2. The van der Waals surface area contributed by atoms with Crippen LogP contribution >= 0.6 is 11.6 Å². The van der Waals surface area contributed by atoms with Crippen LogP contribution in [0.25, 0.3) is 0 Å². The number of hydrogen-bond acceptors (Lipinski definition) is 3. The van der Waals surface area contributed by atoms with Crippen LogP contribution in [-0.2, 0) is 6.61 Å². The molecule has 1 aromatic heterocycles. The van der Waals surface area contributed by atoms with Crippen molar-refractivity contribution in [1.29, 1.82) is 0 Å². The number of rotatable bonds is 3. The minimum absolute atomic E-state index is 0.464. The van der Waals surface area contributed by atoms with Gasteiger partial charge in [0, 0.05) is 17.3 Å². The normalized spacial score (nSPS) is 10.1. The fraction of sp³-hybridized carbons (Fsp3) is 0.0833. The molecule has 0 aliphatic rings. The molecule has 0 unspecified atom stereocenters. The first-order valence-electron chi connectivity index (χ1n) is 4.82. The topological polar surface area (TPSA) is 48.1 Å². The van der Waals surface area contributed by atoms with Crippen LogP contribution in [0.15, 0.2) is 42.7 Å². The molecular weight excluding hydrogens is 224 g/mol. The molecule has 0 saturated carbocycles. The van der Waals surface area contributed by atoms with Gasteiger partial charge in [-0.3, -0.25) is 4.98 Å². The van der Waals surface area contributed by atoms with Crippen LogP contribution in [0.1, 0.15) is 5.56 Å². The Balaban J connectivity index is 2.02. The monoisotopic (exact) mass is 234 g/mol. The molecule has 82 valence electrons. The lowest BCUT2D eigenvalue weighted by Gasteiger charge is -2.07. The first-order valence-corrected chi connectivity index (χ1v) is 5.20. The van der Waals surface area contributed by atoms with Crippen molar-refractivity contribution < 1.29 is 4.74 Å². The number of benzene rings is 1. The molecule has 0 atom stereocenters. The van der Waals surface area contributed by atoms with E-state index in [1.54, 1.807) is 18.5 Å². The van der Waals surface area contributed by atoms with Gasteiger partial charge in [-0.15, -0.1) is 0 Å². The molecule has 3 nitrogen and oxygen atoms in total. The van der Waals surface area contributed by atoms with E-state index < -0.39 is 0 Å². The van der Waals surface area contributed by atoms with Gasteiger partial charge < -0.3 is 10.5 Å². The Bertz CT molecular complexity index is 471. The molecule has 1 heterocycles. The van der Waals surface area contributed by atoms with Gasteiger partial charge in [-0.25, -0.2) is 0 Å². The van der Waals surface area contributed by atoms with Crippen molar-refractivity contribution in [3.05, 3.63) is 53.3 Å². The quantitative estimate of drug-likeness (QED) is 0.888. The highest BCUT2D eigenvalue weighted by Crippen LogP contribution is 2.20. The maximum Gasteiger partial charge on any atom is 0.145 e. The number of aromatic nitrogens is 1. The minimum Gasteiger partial charge on any atom is -0.487 e. The number of hydrogen-bond donors (Lipinski definition) is 1. The summed E-state index contributed by atoms with van der Waals surface area (Å²) < 4.78 is 5.55. The van der Waals surface area contributed by atoms with Crippen molar-refractivity contribution in [2.45, 2.75) is 6.61 Å². The molecule has 0 bridgehead atoms. The SMILES string of the molecule is Nc1cnccc1OCc1ccc(Cl)cc1. The summed E-state index contributed by atoms with van der Waals surface area (Å²) in [5, 5.41) is 0.715. The summed E-state index contributed by atoms with van der Waals surface area (Å²) in [4.78, 5) is 3.89. The van der Waals surface area contributed by atoms with Crippen LogP contribution in [0.3, 0.4) is 0 Å². The summed E-state index contributed by atoms with van der Waals surface area (Å²) >= 11 is 5.78. The zero-order valence-electron chi connectivity index (χ0n) is 8.56. The number of ether oxygens (including phenoxy) is 1. The van der Waals surface area contributed by atoms with Crippen molar-refractivity contribution in [2.75, 3.05) is 5.73 Å². The van der Waals surface area contributed by atoms with Gasteiger partial charge in [-0.1, -0.05) is 23.7 Å². The summed E-state index contributed by atoms with van der Waals surface area (Å²) in [7, 11) is 0. The smallest absolute Gasteiger partial charge is 0.145 e. The van der Waals surface area contributed by atoms with Crippen LogP contribution in [0.4, 0.5) is 5.69 Å². The van der Waals surface area contributed by atoms with E-state index in [0.29, 0.717) is 23.1 Å². The number of nitrogens with zero attached hydrogens (tertiary/aromatic N) is 1. The fourth-order valence-electron chi connectivity index (χ4n) is 1.27. The van der Waals surface area contributed by atoms with Crippen molar-refractivity contribution in [1.82, 2.24) is 4.98 Å². The summed E-state index contributed by atoms with van der Waals surface area (Å²) in [5.41, 5.74) is 7.28. The molecule has 0 saturated heterocycles. The lowest BCUT2D eigenvalue weighted by molar-refractivity contribution is 0.307. The second kappa shape index (κ2) is 4.86. The molecule has 16 heavy (non-hydrogen) atoms. The number of pyridine rings is 1. The molecule has 2 rings (SSSR count). The summed E-state index contributed by atoms with van der Waals surface area (Å²) in [6.45, 7) is 0.464. The van der Waals surface area contributed by atoms with Crippen molar-refractivity contribution in [3.63, 3.8) is 0 Å². The molecule has 0 fully saturated rings. The molecule has 0 radical (unpaired) electrons. The van der Waals surface area contributed by atoms with Crippen LogP contribution in [-0.4, -0.2) is 4.98 Å². The average molecular weight is 235 g/mol. The zero-order chi connectivity index (χ0) is 11.4. The molecule has 2 aromatic rings. The van der Waals surface area contributed by atoms with E-state index in [9.17, 15) is 0 Å². The van der Waals surface area contributed by atoms with Crippen molar-refractivity contribution in [2.24, 2.45) is 0 Å². The summed E-state index contributed by atoms with van der Waals surface area (Å²) in [6, 6.07) is 9.23. The molecule has 2 N–H and O–H groups in total. The molecule has 0 aliphatic carbocycles. The number of nitrogens with two attached hydrogens (primary N) is 1. The van der Waals surface area contributed by atoms with Gasteiger partial charge in [0.15, 0.2) is 0 Å². The Morgan fingerprint density at radius 2 is 1.94 bits per heavy atom. The maximum atomic E-state index is 5.78. The van der Waals surface area contributed by atoms with Gasteiger partial charge >= 0.3 is 0 Å². The predicted molar refractivity (Wildman–Crippen MR) is 64.4 cm³/mol. The van der Waals surface area contributed by atoms with E-state index in [4.69, 9.17) is 22.1 Å². The van der Waals surface area contributed by atoms with Crippen molar-refractivity contribution >= 4 is 17.3 Å². The molecule has 0 amide bonds. The highest BCUT2D eigenvalue weighted by atomic mass is 35.5. The number of nitrogen functional groups attached to an aromatic ring is 1. The Morgan fingerprint density at radius 3 is 2.62 bits per heavy atom. The maximum absolute atomic E-state index is 5.78. The van der Waals surface area contributed by atoms with Gasteiger partial charge in [0.05, 0.1) is 11.9 Å². The zero-order valence-corrected chi connectivity index (χ0v) is 9.32. The van der Waals surface area contributed by atoms with E-state index in [-0.39, 0.29) is 0 Å². The Hall–Kier alpha value is -1.74. The van der Waals surface area contributed by atoms with E-state index in [0.717, 1.165) is 5.56 Å². The summed E-state index contributed by atoms with van der Waals surface area (Å²) in [5.74, 6) is 0.643. The van der Waals surface area contributed by atoms with Gasteiger partial charge in [-0.05, 0) is 17.7 Å². The van der Waals surface area contributed by atoms with Crippen LogP contribution in [0, 0.1) is 0 Å². The first kappa shape index (κ1) is 10.8. The lowest BCUT2D eigenvalue weighted by atomic mass is 10.2. The predicted octanol–water partition coefficient (Wildman–Crippen LogP) is 2.90. The Kier molecular flexibility index (Phi) is 3.27. The largest absolute Gasteiger partial charge is 0.487 e. The van der Waals surface area contributed by atoms with Crippen LogP contribution in [0.2, 0.25) is 5.02 Å². The van der Waals surface area contributed by atoms with E-state index in [1.807, 2.05) is 24.3 Å². The van der Waals surface area contributed by atoms with Gasteiger partial charge in [-0.2, -0.15) is 0 Å². The molecule has 1 aromatic carbocycles. The first-order chi connectivity index (χ1) is 7.75. The van der Waals surface area contributed by atoms with Crippen LogP contribution < -0.4 is 10.5 Å².